The second-order valence-electron chi connectivity index (χ2n) is 10.5. The molecule has 170 valence electrons. The number of aryl methyl sites for hydroxylation is 1. The van der Waals surface area contributed by atoms with Gasteiger partial charge in [0, 0.05) is 6.08 Å². The summed E-state index contributed by atoms with van der Waals surface area (Å²) in [5.41, 5.74) is 3.12. The van der Waals surface area contributed by atoms with Crippen LogP contribution in [0.25, 0.3) is 0 Å². The molecular formula is C30H45N. The first-order valence-electron chi connectivity index (χ1n) is 13.4. The Morgan fingerprint density at radius 2 is 1.42 bits per heavy atom. The number of rotatable bonds is 11. The van der Waals surface area contributed by atoms with E-state index in [1.165, 1.54) is 108 Å². The van der Waals surface area contributed by atoms with Gasteiger partial charge in [-0.15, -0.1) is 0 Å². The van der Waals surface area contributed by atoms with Crippen LogP contribution >= 0.6 is 0 Å². The molecule has 0 radical (unpaired) electrons. The number of hydrogen-bond acceptors (Lipinski definition) is 1. The Kier molecular flexibility index (Phi) is 10.7. The first-order valence-corrected chi connectivity index (χ1v) is 13.4. The van der Waals surface area contributed by atoms with Crippen LogP contribution in [0, 0.1) is 29.1 Å². The van der Waals surface area contributed by atoms with E-state index in [1.807, 2.05) is 0 Å². The molecule has 2 aliphatic carbocycles. The van der Waals surface area contributed by atoms with E-state index in [9.17, 15) is 0 Å². The van der Waals surface area contributed by atoms with Crippen molar-refractivity contribution >= 4 is 0 Å². The zero-order valence-electron chi connectivity index (χ0n) is 20.0. The van der Waals surface area contributed by atoms with Crippen molar-refractivity contribution in [1.82, 2.24) is 0 Å². The molecule has 0 spiro atoms. The zero-order valence-corrected chi connectivity index (χ0v) is 20.0. The number of nitriles is 1. The number of unbranched alkanes of at least 4 members (excludes halogenated alkanes) is 3. The average molecular weight is 420 g/mol. The van der Waals surface area contributed by atoms with Crippen molar-refractivity contribution in [3.63, 3.8) is 0 Å². The van der Waals surface area contributed by atoms with Gasteiger partial charge >= 0.3 is 0 Å². The largest absolute Gasteiger partial charge is 0.193 e. The van der Waals surface area contributed by atoms with E-state index < -0.39 is 0 Å². The summed E-state index contributed by atoms with van der Waals surface area (Å²) in [4.78, 5) is 0. The van der Waals surface area contributed by atoms with Crippen molar-refractivity contribution in [3.8, 4) is 6.07 Å². The lowest BCUT2D eigenvalue weighted by Crippen LogP contribution is -2.14. The lowest BCUT2D eigenvalue weighted by Gasteiger charge is -2.29. The first-order chi connectivity index (χ1) is 15.3. The quantitative estimate of drug-likeness (QED) is 0.259. The fraction of sp³-hybridized carbons (Fsp3) is 0.700. The molecule has 0 aromatic heterocycles. The van der Waals surface area contributed by atoms with Crippen LogP contribution in [-0.2, 0) is 6.42 Å². The van der Waals surface area contributed by atoms with Crippen molar-refractivity contribution in [3.05, 3.63) is 47.5 Å². The lowest BCUT2D eigenvalue weighted by atomic mass is 9.76. The Bertz CT molecular complexity index is 663. The van der Waals surface area contributed by atoms with E-state index in [1.54, 1.807) is 11.6 Å². The van der Waals surface area contributed by atoms with E-state index in [4.69, 9.17) is 5.26 Å². The molecule has 0 atom stereocenters. The van der Waals surface area contributed by atoms with Crippen LogP contribution in [-0.4, -0.2) is 0 Å². The van der Waals surface area contributed by atoms with Gasteiger partial charge in [-0.3, -0.25) is 0 Å². The van der Waals surface area contributed by atoms with Gasteiger partial charge in [0.15, 0.2) is 0 Å². The predicted molar refractivity (Wildman–Crippen MR) is 133 cm³/mol. The van der Waals surface area contributed by atoms with Gasteiger partial charge in [0.2, 0.25) is 0 Å². The van der Waals surface area contributed by atoms with Crippen LogP contribution in [0.1, 0.15) is 120 Å². The molecule has 0 saturated heterocycles. The Balaban J connectivity index is 1.26. The molecule has 1 aromatic carbocycles. The van der Waals surface area contributed by atoms with Crippen molar-refractivity contribution < 1.29 is 0 Å². The average Bonchev–Trinajstić information content (AvgIpc) is 2.82. The second kappa shape index (κ2) is 13.8. The molecule has 3 rings (SSSR count). The third-order valence-electron chi connectivity index (χ3n) is 8.18. The predicted octanol–water partition coefficient (Wildman–Crippen LogP) is 9.14. The Morgan fingerprint density at radius 3 is 2.00 bits per heavy atom. The molecule has 0 heterocycles. The highest BCUT2D eigenvalue weighted by Crippen LogP contribution is 2.38. The van der Waals surface area contributed by atoms with Crippen LogP contribution in [0.4, 0.5) is 0 Å². The lowest BCUT2D eigenvalue weighted by molar-refractivity contribution is 0.273. The second-order valence-corrected chi connectivity index (χ2v) is 10.5. The number of hydrogen-bond donors (Lipinski definition) is 0. The first kappa shape index (κ1) is 24.1. The molecular weight excluding hydrogens is 374 g/mol. The van der Waals surface area contributed by atoms with Gasteiger partial charge in [-0.25, -0.2) is 0 Å². The monoisotopic (exact) mass is 419 g/mol. The van der Waals surface area contributed by atoms with Crippen LogP contribution in [0.2, 0.25) is 0 Å². The third-order valence-corrected chi connectivity index (χ3v) is 8.18. The van der Waals surface area contributed by atoms with Gasteiger partial charge in [0.1, 0.15) is 0 Å². The summed E-state index contributed by atoms with van der Waals surface area (Å²) in [7, 11) is 0. The van der Waals surface area contributed by atoms with Crippen LogP contribution < -0.4 is 0 Å². The molecule has 2 aliphatic rings. The number of allylic oxidation sites excluding steroid dienone is 2. The molecule has 2 saturated carbocycles. The Labute approximate surface area is 192 Å². The van der Waals surface area contributed by atoms with Gasteiger partial charge in [-0.05, 0) is 99.0 Å². The van der Waals surface area contributed by atoms with Gasteiger partial charge in [-0.2, -0.15) is 5.26 Å². The maximum atomic E-state index is 8.68. The summed E-state index contributed by atoms with van der Waals surface area (Å²) in [5.74, 6) is 3.42. The standard InChI is InChI=1S/C30H45N/c1-2-3-4-8-26-16-20-29(21-17-26)30-22-18-27(19-23-30)10-6-5-9-25-12-14-28(15-13-25)11-7-24-31/h7,11,16-17,20-21,25,27-28,30H,2-6,8-10,12-15,18-19,22-23H2,1H3/t25-,27-,28-,30-. The summed E-state index contributed by atoms with van der Waals surface area (Å²) < 4.78 is 0. The van der Waals surface area contributed by atoms with Crippen molar-refractivity contribution in [2.75, 3.05) is 0 Å². The fourth-order valence-electron chi connectivity index (χ4n) is 6.03. The normalized spacial score (nSPS) is 26.7. The molecule has 1 nitrogen and oxygen atoms in total. The molecule has 0 amide bonds. The number of benzene rings is 1. The van der Waals surface area contributed by atoms with E-state index in [2.05, 4.69) is 43.3 Å². The molecule has 1 aromatic rings. The summed E-state index contributed by atoms with van der Waals surface area (Å²) >= 11 is 0. The molecule has 0 N–H and O–H groups in total. The van der Waals surface area contributed by atoms with Gasteiger partial charge in [0.25, 0.3) is 0 Å². The highest BCUT2D eigenvalue weighted by Gasteiger charge is 2.23. The van der Waals surface area contributed by atoms with Crippen LogP contribution in [0.3, 0.4) is 0 Å². The highest BCUT2D eigenvalue weighted by molar-refractivity contribution is 5.26. The topological polar surface area (TPSA) is 23.8 Å². The molecule has 0 aliphatic heterocycles. The molecule has 1 heteroatoms. The minimum absolute atomic E-state index is 0.670. The SMILES string of the molecule is CCCCCc1ccc([C@H]2CC[C@H](CCCC[C@H]3CC[C@H](C=CC#N)CC3)CC2)cc1. The van der Waals surface area contributed by atoms with Crippen LogP contribution in [0.15, 0.2) is 36.4 Å². The highest BCUT2D eigenvalue weighted by atomic mass is 14.3. The van der Waals surface area contributed by atoms with Gasteiger partial charge in [-0.1, -0.05) is 75.8 Å². The van der Waals surface area contributed by atoms with Crippen molar-refractivity contribution in [1.29, 1.82) is 5.26 Å². The minimum Gasteiger partial charge on any atom is -0.193 e. The smallest absolute Gasteiger partial charge is 0.0908 e. The van der Waals surface area contributed by atoms with E-state index in [0.717, 1.165) is 17.8 Å². The summed E-state index contributed by atoms with van der Waals surface area (Å²) in [6.45, 7) is 2.28. The molecule has 31 heavy (non-hydrogen) atoms. The summed E-state index contributed by atoms with van der Waals surface area (Å²) in [5, 5.41) is 8.68. The van der Waals surface area contributed by atoms with E-state index in [0.29, 0.717) is 5.92 Å². The van der Waals surface area contributed by atoms with Crippen molar-refractivity contribution in [2.24, 2.45) is 17.8 Å². The van der Waals surface area contributed by atoms with E-state index in [-0.39, 0.29) is 0 Å². The van der Waals surface area contributed by atoms with Crippen LogP contribution in [0.5, 0.6) is 0 Å². The summed E-state index contributed by atoms with van der Waals surface area (Å²) in [6, 6.07) is 11.8. The Hall–Kier alpha value is -1.55. The minimum atomic E-state index is 0.670. The fourth-order valence-corrected chi connectivity index (χ4v) is 6.03. The molecule has 2 fully saturated rings. The molecule has 0 unspecified atom stereocenters. The summed E-state index contributed by atoms with van der Waals surface area (Å²) in [6.07, 6.45) is 25.9. The Morgan fingerprint density at radius 1 is 0.806 bits per heavy atom. The molecule has 0 bridgehead atoms. The van der Waals surface area contributed by atoms with Gasteiger partial charge < -0.3 is 0 Å². The van der Waals surface area contributed by atoms with Gasteiger partial charge in [0.05, 0.1) is 6.07 Å². The van der Waals surface area contributed by atoms with E-state index >= 15 is 0 Å². The number of nitrogens with zero attached hydrogens (tertiary/aromatic N) is 1. The maximum absolute atomic E-state index is 8.68. The maximum Gasteiger partial charge on any atom is 0.0908 e. The zero-order chi connectivity index (χ0) is 21.7. The van der Waals surface area contributed by atoms with Crippen molar-refractivity contribution in [2.45, 2.75) is 116 Å². The third kappa shape index (κ3) is 8.48.